The van der Waals surface area contributed by atoms with Gasteiger partial charge < -0.3 is 10.1 Å². The summed E-state index contributed by atoms with van der Waals surface area (Å²) in [6, 6.07) is 13.7. The van der Waals surface area contributed by atoms with Crippen LogP contribution < -0.4 is 10.1 Å². The van der Waals surface area contributed by atoms with E-state index in [0.29, 0.717) is 10.0 Å². The van der Waals surface area contributed by atoms with E-state index in [4.69, 9.17) is 27.9 Å². The summed E-state index contributed by atoms with van der Waals surface area (Å²) >= 11 is 12.4. The predicted molar refractivity (Wildman–Crippen MR) is 89.6 cm³/mol. The molecule has 2 aromatic carbocycles. The summed E-state index contributed by atoms with van der Waals surface area (Å²) in [6.45, 7) is 3.05. The lowest BCUT2D eigenvalue weighted by Crippen LogP contribution is -2.23. The van der Waals surface area contributed by atoms with E-state index in [-0.39, 0.29) is 6.04 Å². The lowest BCUT2D eigenvalue weighted by atomic mass is 9.98. The van der Waals surface area contributed by atoms with Gasteiger partial charge in [-0.1, -0.05) is 48.3 Å². The molecule has 0 aliphatic carbocycles. The van der Waals surface area contributed by atoms with Crippen molar-refractivity contribution in [3.05, 3.63) is 63.6 Å². The minimum Gasteiger partial charge on any atom is -0.497 e. The zero-order valence-electron chi connectivity index (χ0n) is 12.2. The molecule has 0 heterocycles. The van der Waals surface area contributed by atoms with Gasteiger partial charge in [0, 0.05) is 10.0 Å². The second-order valence-electron chi connectivity index (χ2n) is 4.83. The van der Waals surface area contributed by atoms with Gasteiger partial charge in [-0.05, 0) is 48.4 Å². The first kappa shape index (κ1) is 16.2. The third-order valence-electron chi connectivity index (χ3n) is 3.32. The first-order chi connectivity index (χ1) is 10.2. The van der Waals surface area contributed by atoms with Crippen LogP contribution in [0.5, 0.6) is 5.75 Å². The Morgan fingerprint density at radius 3 is 2.38 bits per heavy atom. The lowest BCUT2D eigenvalue weighted by molar-refractivity contribution is 0.414. The summed E-state index contributed by atoms with van der Waals surface area (Å²) in [4.78, 5) is 0. The van der Waals surface area contributed by atoms with E-state index in [1.165, 1.54) is 0 Å². The van der Waals surface area contributed by atoms with Crippen molar-refractivity contribution in [3.8, 4) is 5.75 Å². The molecular formula is C17H19Cl2NO. The smallest absolute Gasteiger partial charge is 0.118 e. The SMILES string of the molecule is CCCNC(c1ccc(OC)cc1)c1ccc(Cl)cc1Cl. The second kappa shape index (κ2) is 7.69. The molecule has 1 atom stereocenters. The summed E-state index contributed by atoms with van der Waals surface area (Å²) in [5, 5.41) is 4.85. The Morgan fingerprint density at radius 2 is 1.81 bits per heavy atom. The Labute approximate surface area is 136 Å². The van der Waals surface area contributed by atoms with Crippen LogP contribution in [-0.4, -0.2) is 13.7 Å². The molecule has 0 aromatic heterocycles. The molecule has 2 nitrogen and oxygen atoms in total. The van der Waals surface area contributed by atoms with Gasteiger partial charge in [-0.25, -0.2) is 0 Å². The Kier molecular flexibility index (Phi) is 5.92. The maximum absolute atomic E-state index is 6.36. The fourth-order valence-corrected chi connectivity index (χ4v) is 2.75. The molecule has 21 heavy (non-hydrogen) atoms. The van der Waals surface area contributed by atoms with Gasteiger partial charge in [-0.2, -0.15) is 0 Å². The third kappa shape index (κ3) is 4.13. The first-order valence-electron chi connectivity index (χ1n) is 6.98. The van der Waals surface area contributed by atoms with E-state index in [2.05, 4.69) is 24.4 Å². The van der Waals surface area contributed by atoms with Crippen LogP contribution in [0.25, 0.3) is 0 Å². The minimum atomic E-state index is 0.0422. The number of hydrogen-bond donors (Lipinski definition) is 1. The topological polar surface area (TPSA) is 21.3 Å². The van der Waals surface area contributed by atoms with E-state index in [0.717, 1.165) is 29.8 Å². The van der Waals surface area contributed by atoms with Crippen LogP contribution in [0, 0.1) is 0 Å². The quantitative estimate of drug-likeness (QED) is 0.799. The van der Waals surface area contributed by atoms with Gasteiger partial charge in [0.1, 0.15) is 5.75 Å². The zero-order valence-corrected chi connectivity index (χ0v) is 13.7. The summed E-state index contributed by atoms with van der Waals surface area (Å²) in [5.41, 5.74) is 2.17. The van der Waals surface area contributed by atoms with Gasteiger partial charge in [0.25, 0.3) is 0 Å². The lowest BCUT2D eigenvalue weighted by Gasteiger charge is -2.21. The van der Waals surface area contributed by atoms with E-state index in [9.17, 15) is 0 Å². The van der Waals surface area contributed by atoms with Gasteiger partial charge in [0.15, 0.2) is 0 Å². The summed E-state index contributed by atoms with van der Waals surface area (Å²) < 4.78 is 5.21. The molecule has 112 valence electrons. The van der Waals surface area contributed by atoms with Crippen LogP contribution in [0.1, 0.15) is 30.5 Å². The van der Waals surface area contributed by atoms with Crippen molar-refractivity contribution in [2.45, 2.75) is 19.4 Å². The van der Waals surface area contributed by atoms with Crippen LogP contribution in [0.15, 0.2) is 42.5 Å². The average molecular weight is 324 g/mol. The Morgan fingerprint density at radius 1 is 1.10 bits per heavy atom. The van der Waals surface area contributed by atoms with Crippen molar-refractivity contribution < 1.29 is 4.74 Å². The summed E-state index contributed by atoms with van der Waals surface area (Å²) in [7, 11) is 1.66. The van der Waals surface area contributed by atoms with E-state index < -0.39 is 0 Å². The van der Waals surface area contributed by atoms with Crippen molar-refractivity contribution in [1.82, 2.24) is 5.32 Å². The number of halogens is 2. The Bertz CT molecular complexity index is 584. The first-order valence-corrected chi connectivity index (χ1v) is 7.73. The highest BCUT2D eigenvalue weighted by molar-refractivity contribution is 6.35. The number of nitrogens with one attached hydrogen (secondary N) is 1. The predicted octanol–water partition coefficient (Wildman–Crippen LogP) is 5.09. The molecule has 0 aliphatic rings. The van der Waals surface area contributed by atoms with Gasteiger partial charge in [-0.3, -0.25) is 0 Å². The largest absolute Gasteiger partial charge is 0.497 e. The monoisotopic (exact) mass is 323 g/mol. The number of methoxy groups -OCH3 is 1. The molecule has 1 unspecified atom stereocenters. The van der Waals surface area contributed by atoms with Crippen LogP contribution in [0.3, 0.4) is 0 Å². The highest BCUT2D eigenvalue weighted by Gasteiger charge is 2.16. The highest BCUT2D eigenvalue weighted by Crippen LogP contribution is 2.31. The summed E-state index contributed by atoms with van der Waals surface area (Å²) in [5.74, 6) is 0.843. The van der Waals surface area contributed by atoms with Crippen molar-refractivity contribution in [1.29, 1.82) is 0 Å². The van der Waals surface area contributed by atoms with Gasteiger partial charge >= 0.3 is 0 Å². The Hall–Kier alpha value is -1.22. The molecule has 0 saturated carbocycles. The van der Waals surface area contributed by atoms with Crippen molar-refractivity contribution in [3.63, 3.8) is 0 Å². The molecular weight excluding hydrogens is 305 g/mol. The van der Waals surface area contributed by atoms with Crippen molar-refractivity contribution in [2.24, 2.45) is 0 Å². The fourth-order valence-electron chi connectivity index (χ4n) is 2.23. The molecule has 0 saturated heterocycles. The molecule has 0 amide bonds. The summed E-state index contributed by atoms with van der Waals surface area (Å²) in [6.07, 6.45) is 1.05. The maximum Gasteiger partial charge on any atom is 0.118 e. The van der Waals surface area contributed by atoms with E-state index in [1.807, 2.05) is 24.3 Å². The molecule has 1 N–H and O–H groups in total. The number of rotatable bonds is 6. The number of ether oxygens (including phenoxy) is 1. The third-order valence-corrected chi connectivity index (χ3v) is 3.88. The molecule has 2 aromatic rings. The average Bonchev–Trinajstić information content (AvgIpc) is 2.50. The van der Waals surface area contributed by atoms with Gasteiger partial charge in [0.05, 0.1) is 13.2 Å². The van der Waals surface area contributed by atoms with Crippen LogP contribution in [0.2, 0.25) is 10.0 Å². The Balaban J connectivity index is 2.36. The standard InChI is InChI=1S/C17H19Cl2NO/c1-3-10-20-17(12-4-7-14(21-2)8-5-12)15-9-6-13(18)11-16(15)19/h4-9,11,17,20H,3,10H2,1-2H3. The van der Waals surface area contributed by atoms with Crippen LogP contribution >= 0.6 is 23.2 Å². The number of hydrogen-bond acceptors (Lipinski definition) is 2. The van der Waals surface area contributed by atoms with Gasteiger partial charge in [-0.15, -0.1) is 0 Å². The molecule has 0 fully saturated rings. The van der Waals surface area contributed by atoms with Crippen molar-refractivity contribution >= 4 is 23.2 Å². The normalized spacial score (nSPS) is 12.2. The molecule has 0 spiro atoms. The van der Waals surface area contributed by atoms with Crippen LogP contribution in [0.4, 0.5) is 0 Å². The van der Waals surface area contributed by atoms with Crippen LogP contribution in [-0.2, 0) is 0 Å². The van der Waals surface area contributed by atoms with Gasteiger partial charge in [0.2, 0.25) is 0 Å². The molecule has 4 heteroatoms. The number of benzene rings is 2. The fraction of sp³-hybridized carbons (Fsp3) is 0.294. The zero-order chi connectivity index (χ0) is 15.2. The maximum atomic E-state index is 6.36. The van der Waals surface area contributed by atoms with E-state index in [1.54, 1.807) is 13.2 Å². The second-order valence-corrected chi connectivity index (χ2v) is 5.67. The molecule has 0 aliphatic heterocycles. The van der Waals surface area contributed by atoms with E-state index >= 15 is 0 Å². The highest BCUT2D eigenvalue weighted by atomic mass is 35.5. The van der Waals surface area contributed by atoms with Crippen molar-refractivity contribution in [2.75, 3.05) is 13.7 Å². The molecule has 2 rings (SSSR count). The molecule has 0 bridgehead atoms. The molecule has 0 radical (unpaired) electrons. The minimum absolute atomic E-state index is 0.0422.